The highest BCUT2D eigenvalue weighted by molar-refractivity contribution is 5.57. The van der Waals surface area contributed by atoms with Crippen LogP contribution in [-0.2, 0) is 12.5 Å². The van der Waals surface area contributed by atoms with E-state index in [1.165, 1.54) is 36.4 Å². The first-order valence-corrected chi connectivity index (χ1v) is 8.81. The van der Waals surface area contributed by atoms with Gasteiger partial charge in [0.25, 0.3) is 0 Å². The first kappa shape index (κ1) is 18.5. The van der Waals surface area contributed by atoms with Crippen molar-refractivity contribution in [3.05, 3.63) is 65.7 Å². The summed E-state index contributed by atoms with van der Waals surface area (Å²) in [7, 11) is 1.83. The molecule has 1 fully saturated rings. The summed E-state index contributed by atoms with van der Waals surface area (Å²) in [6, 6.07) is 11.9. The SMILES string of the molecule is Cn1c(-c2ccc(OC(F)(F)F)cc2)nnc1C1(c2ccc(F)cc2)CCC1. The number of benzene rings is 2. The van der Waals surface area contributed by atoms with Crippen molar-refractivity contribution in [3.8, 4) is 17.1 Å². The number of aromatic nitrogens is 3. The van der Waals surface area contributed by atoms with Gasteiger partial charge in [0.2, 0.25) is 0 Å². The third-order valence-corrected chi connectivity index (χ3v) is 5.25. The van der Waals surface area contributed by atoms with Crippen LogP contribution in [0.2, 0.25) is 0 Å². The molecular formula is C20H17F4N3O. The molecule has 0 saturated heterocycles. The summed E-state index contributed by atoms with van der Waals surface area (Å²) >= 11 is 0. The number of hydrogen-bond donors (Lipinski definition) is 0. The minimum atomic E-state index is -4.73. The van der Waals surface area contributed by atoms with Gasteiger partial charge in [0.1, 0.15) is 17.4 Å². The Morgan fingerprint density at radius 1 is 0.964 bits per heavy atom. The molecule has 8 heteroatoms. The van der Waals surface area contributed by atoms with Crippen molar-refractivity contribution in [3.63, 3.8) is 0 Å². The Hall–Kier alpha value is -2.90. The molecule has 0 N–H and O–H groups in total. The molecule has 0 radical (unpaired) electrons. The van der Waals surface area contributed by atoms with E-state index in [9.17, 15) is 17.6 Å². The highest BCUT2D eigenvalue weighted by Gasteiger charge is 2.44. The zero-order valence-electron chi connectivity index (χ0n) is 15.0. The normalized spacial score (nSPS) is 15.9. The van der Waals surface area contributed by atoms with Crippen molar-refractivity contribution in [1.82, 2.24) is 14.8 Å². The first-order valence-electron chi connectivity index (χ1n) is 8.81. The fourth-order valence-corrected chi connectivity index (χ4v) is 3.74. The van der Waals surface area contributed by atoms with Crippen molar-refractivity contribution < 1.29 is 22.3 Å². The molecule has 4 nitrogen and oxygen atoms in total. The van der Waals surface area contributed by atoms with E-state index in [2.05, 4.69) is 14.9 Å². The van der Waals surface area contributed by atoms with Crippen molar-refractivity contribution in [2.45, 2.75) is 31.0 Å². The second-order valence-electron chi connectivity index (χ2n) is 6.92. The lowest BCUT2D eigenvalue weighted by Crippen LogP contribution is -2.38. The van der Waals surface area contributed by atoms with E-state index in [0.717, 1.165) is 30.7 Å². The molecule has 146 valence electrons. The number of hydrogen-bond acceptors (Lipinski definition) is 3. The molecule has 1 aliphatic carbocycles. The van der Waals surface area contributed by atoms with E-state index in [0.29, 0.717) is 11.4 Å². The Morgan fingerprint density at radius 3 is 2.14 bits per heavy atom. The Morgan fingerprint density at radius 2 is 1.61 bits per heavy atom. The molecule has 0 unspecified atom stereocenters. The Balaban J connectivity index is 1.67. The van der Waals surface area contributed by atoms with E-state index < -0.39 is 6.36 Å². The van der Waals surface area contributed by atoms with Gasteiger partial charge in [-0.25, -0.2) is 4.39 Å². The molecule has 1 aliphatic rings. The average Bonchev–Trinajstić information content (AvgIpc) is 2.97. The van der Waals surface area contributed by atoms with E-state index in [-0.39, 0.29) is 17.0 Å². The summed E-state index contributed by atoms with van der Waals surface area (Å²) in [5.74, 6) is 0.719. The van der Waals surface area contributed by atoms with Gasteiger partial charge in [-0.2, -0.15) is 0 Å². The number of ether oxygens (including phenoxy) is 1. The summed E-state index contributed by atoms with van der Waals surface area (Å²) in [6.45, 7) is 0. The number of alkyl halides is 3. The molecule has 0 amide bonds. The van der Waals surface area contributed by atoms with Gasteiger partial charge in [-0.3, -0.25) is 0 Å². The standard InChI is InChI=1S/C20H17F4N3O/c1-27-17(13-3-9-16(10-4-13)28-20(22,23)24)25-26-18(27)19(11-2-12-19)14-5-7-15(21)8-6-14/h3-10H,2,11-12H2,1H3. The van der Waals surface area contributed by atoms with Gasteiger partial charge >= 0.3 is 6.36 Å². The number of rotatable bonds is 4. The van der Waals surface area contributed by atoms with Crippen molar-refractivity contribution in [2.75, 3.05) is 0 Å². The van der Waals surface area contributed by atoms with Gasteiger partial charge in [0, 0.05) is 12.6 Å². The molecule has 28 heavy (non-hydrogen) atoms. The van der Waals surface area contributed by atoms with Crippen LogP contribution in [-0.4, -0.2) is 21.1 Å². The topological polar surface area (TPSA) is 39.9 Å². The predicted molar refractivity (Wildman–Crippen MR) is 94.2 cm³/mol. The van der Waals surface area contributed by atoms with Crippen LogP contribution in [0.15, 0.2) is 48.5 Å². The fourth-order valence-electron chi connectivity index (χ4n) is 3.74. The zero-order valence-corrected chi connectivity index (χ0v) is 15.0. The molecule has 1 aromatic heterocycles. The van der Waals surface area contributed by atoms with E-state index >= 15 is 0 Å². The Bertz CT molecular complexity index is 974. The summed E-state index contributed by atoms with van der Waals surface area (Å²) < 4.78 is 56.0. The second kappa shape index (κ2) is 6.61. The summed E-state index contributed by atoms with van der Waals surface area (Å²) in [5.41, 5.74) is 1.29. The van der Waals surface area contributed by atoms with Gasteiger partial charge in [0.15, 0.2) is 5.82 Å². The Kier molecular flexibility index (Phi) is 4.36. The number of halogens is 4. The minimum Gasteiger partial charge on any atom is -0.406 e. The van der Waals surface area contributed by atoms with Gasteiger partial charge in [-0.05, 0) is 54.8 Å². The van der Waals surface area contributed by atoms with Gasteiger partial charge in [0.05, 0.1) is 5.41 Å². The highest BCUT2D eigenvalue weighted by Crippen LogP contribution is 2.48. The molecule has 1 saturated carbocycles. The molecule has 3 aromatic rings. The van der Waals surface area contributed by atoms with Crippen LogP contribution in [0.4, 0.5) is 17.6 Å². The van der Waals surface area contributed by atoms with E-state index in [1.54, 1.807) is 12.1 Å². The molecule has 0 spiro atoms. The van der Waals surface area contributed by atoms with Crippen LogP contribution in [0.5, 0.6) is 5.75 Å². The van der Waals surface area contributed by atoms with Crippen LogP contribution in [0.3, 0.4) is 0 Å². The molecule has 2 aromatic carbocycles. The third kappa shape index (κ3) is 3.23. The van der Waals surface area contributed by atoms with Crippen molar-refractivity contribution in [1.29, 1.82) is 0 Å². The lowest BCUT2D eigenvalue weighted by atomic mass is 9.64. The van der Waals surface area contributed by atoms with Gasteiger partial charge in [-0.15, -0.1) is 23.4 Å². The summed E-state index contributed by atoms with van der Waals surface area (Å²) in [4.78, 5) is 0. The quantitative estimate of drug-likeness (QED) is 0.589. The lowest BCUT2D eigenvalue weighted by Gasteiger charge is -2.41. The third-order valence-electron chi connectivity index (χ3n) is 5.25. The second-order valence-corrected chi connectivity index (χ2v) is 6.92. The minimum absolute atomic E-state index is 0.291. The maximum absolute atomic E-state index is 13.3. The van der Waals surface area contributed by atoms with E-state index in [1.807, 2.05) is 11.6 Å². The molecular weight excluding hydrogens is 374 g/mol. The molecule has 4 rings (SSSR count). The molecule has 1 heterocycles. The summed E-state index contributed by atoms with van der Waals surface area (Å²) in [5, 5.41) is 8.63. The fraction of sp³-hybridized carbons (Fsp3) is 0.300. The number of nitrogens with zero attached hydrogens (tertiary/aromatic N) is 3. The van der Waals surface area contributed by atoms with Crippen LogP contribution >= 0.6 is 0 Å². The largest absolute Gasteiger partial charge is 0.573 e. The van der Waals surface area contributed by atoms with Crippen LogP contribution < -0.4 is 4.74 Å². The van der Waals surface area contributed by atoms with Gasteiger partial charge in [-0.1, -0.05) is 18.6 Å². The lowest BCUT2D eigenvalue weighted by molar-refractivity contribution is -0.274. The van der Waals surface area contributed by atoms with Crippen molar-refractivity contribution in [2.24, 2.45) is 7.05 Å². The monoisotopic (exact) mass is 391 g/mol. The van der Waals surface area contributed by atoms with Crippen LogP contribution in [0.25, 0.3) is 11.4 Å². The molecule has 0 aliphatic heterocycles. The Labute approximate surface area is 158 Å². The van der Waals surface area contributed by atoms with Crippen LogP contribution in [0, 0.1) is 5.82 Å². The first-order chi connectivity index (χ1) is 13.3. The maximum Gasteiger partial charge on any atom is 0.573 e. The molecule has 0 bridgehead atoms. The average molecular weight is 391 g/mol. The van der Waals surface area contributed by atoms with Crippen LogP contribution in [0.1, 0.15) is 30.7 Å². The van der Waals surface area contributed by atoms with Gasteiger partial charge < -0.3 is 9.30 Å². The zero-order chi connectivity index (χ0) is 19.9. The van der Waals surface area contributed by atoms with Crippen molar-refractivity contribution >= 4 is 0 Å². The summed E-state index contributed by atoms with van der Waals surface area (Å²) in [6.07, 6.45) is -1.94. The maximum atomic E-state index is 13.3. The smallest absolute Gasteiger partial charge is 0.406 e. The predicted octanol–water partition coefficient (Wildman–Crippen LogP) is 4.99. The highest BCUT2D eigenvalue weighted by atomic mass is 19.4. The van der Waals surface area contributed by atoms with E-state index in [4.69, 9.17) is 0 Å². The molecule has 0 atom stereocenters.